The molecule has 2 heterocycles. The highest BCUT2D eigenvalue weighted by atomic mass is 16.1. The lowest BCUT2D eigenvalue weighted by Crippen LogP contribution is -2.38. The predicted octanol–water partition coefficient (Wildman–Crippen LogP) is 0.890. The van der Waals surface area contributed by atoms with Crippen LogP contribution in [0.2, 0.25) is 0 Å². The van der Waals surface area contributed by atoms with Crippen molar-refractivity contribution >= 4 is 5.91 Å². The van der Waals surface area contributed by atoms with Crippen LogP contribution >= 0.6 is 0 Å². The van der Waals surface area contributed by atoms with Crippen molar-refractivity contribution in [1.82, 2.24) is 14.9 Å². The molecule has 0 saturated carbocycles. The first-order chi connectivity index (χ1) is 8.06. The third kappa shape index (κ3) is 2.85. The number of nitrogens with two attached hydrogens (primary N) is 1. The Morgan fingerprint density at radius 1 is 1.71 bits per heavy atom. The number of rotatable bonds is 4. The van der Waals surface area contributed by atoms with Gasteiger partial charge in [0.25, 0.3) is 5.91 Å². The Labute approximate surface area is 101 Å². The van der Waals surface area contributed by atoms with Gasteiger partial charge in [-0.3, -0.25) is 4.79 Å². The van der Waals surface area contributed by atoms with Crippen LogP contribution < -0.4 is 11.1 Å². The Morgan fingerprint density at radius 2 is 2.47 bits per heavy atom. The molecule has 1 aromatic rings. The van der Waals surface area contributed by atoms with Gasteiger partial charge in [-0.2, -0.15) is 0 Å². The topological polar surface area (TPSA) is 72.9 Å². The molecule has 0 aromatic carbocycles. The zero-order chi connectivity index (χ0) is 12.4. The number of carbonyl (C=O) groups is 1. The fourth-order valence-electron chi connectivity index (χ4n) is 2.14. The minimum Gasteiger partial charge on any atom is -0.364 e. The standard InChI is InChI=1S/C12H20N4O/c1-8(2)3-4-9-6-16-7-10(12(13)17)15-11(16)5-14-9/h7-9,14H,3-6H2,1-2H3,(H2,13,17). The van der Waals surface area contributed by atoms with Crippen LogP contribution in [0.4, 0.5) is 0 Å². The fraction of sp³-hybridized carbons (Fsp3) is 0.667. The minimum atomic E-state index is -0.453. The molecular formula is C12H20N4O. The van der Waals surface area contributed by atoms with Crippen molar-refractivity contribution in [2.24, 2.45) is 11.7 Å². The fourth-order valence-corrected chi connectivity index (χ4v) is 2.14. The molecule has 94 valence electrons. The van der Waals surface area contributed by atoms with E-state index in [1.165, 1.54) is 6.42 Å². The molecular weight excluding hydrogens is 216 g/mol. The van der Waals surface area contributed by atoms with E-state index >= 15 is 0 Å². The van der Waals surface area contributed by atoms with Crippen LogP contribution in [0, 0.1) is 5.92 Å². The van der Waals surface area contributed by atoms with Crippen LogP contribution in [0.25, 0.3) is 0 Å². The Kier molecular flexibility index (Phi) is 3.47. The number of aromatic nitrogens is 2. The first kappa shape index (κ1) is 12.1. The number of imidazole rings is 1. The highest BCUT2D eigenvalue weighted by molar-refractivity contribution is 5.90. The summed E-state index contributed by atoms with van der Waals surface area (Å²) in [6.07, 6.45) is 4.13. The molecule has 1 unspecified atom stereocenters. The smallest absolute Gasteiger partial charge is 0.268 e. The maximum atomic E-state index is 11.0. The average Bonchev–Trinajstić information content (AvgIpc) is 2.69. The van der Waals surface area contributed by atoms with E-state index in [2.05, 4.69) is 24.1 Å². The molecule has 1 aromatic heterocycles. The second-order valence-corrected chi connectivity index (χ2v) is 5.11. The lowest BCUT2D eigenvalue weighted by atomic mass is 10.0. The maximum absolute atomic E-state index is 11.0. The van der Waals surface area contributed by atoms with Gasteiger partial charge in [0, 0.05) is 18.8 Å². The summed E-state index contributed by atoms with van der Waals surface area (Å²) in [5.74, 6) is 1.17. The molecule has 0 fully saturated rings. The molecule has 5 nitrogen and oxygen atoms in total. The van der Waals surface area contributed by atoms with Crippen LogP contribution in [0.15, 0.2) is 6.20 Å². The summed E-state index contributed by atoms with van der Waals surface area (Å²) in [7, 11) is 0. The van der Waals surface area contributed by atoms with Gasteiger partial charge in [0.05, 0.1) is 6.54 Å². The molecule has 0 spiro atoms. The van der Waals surface area contributed by atoms with Crippen molar-refractivity contribution in [2.45, 2.75) is 45.8 Å². The van der Waals surface area contributed by atoms with Crippen molar-refractivity contribution in [1.29, 1.82) is 0 Å². The first-order valence-corrected chi connectivity index (χ1v) is 6.15. The predicted molar refractivity (Wildman–Crippen MR) is 65.4 cm³/mol. The van der Waals surface area contributed by atoms with E-state index in [-0.39, 0.29) is 0 Å². The number of hydrogen-bond donors (Lipinski definition) is 2. The lowest BCUT2D eigenvalue weighted by Gasteiger charge is -2.25. The molecule has 1 amide bonds. The monoisotopic (exact) mass is 236 g/mol. The largest absolute Gasteiger partial charge is 0.364 e. The summed E-state index contributed by atoms with van der Waals surface area (Å²) < 4.78 is 2.04. The number of amides is 1. The molecule has 1 aliphatic rings. The van der Waals surface area contributed by atoms with Crippen molar-refractivity contribution in [3.63, 3.8) is 0 Å². The Morgan fingerprint density at radius 3 is 3.12 bits per heavy atom. The summed E-state index contributed by atoms with van der Waals surface area (Å²) in [5.41, 5.74) is 5.59. The van der Waals surface area contributed by atoms with E-state index < -0.39 is 5.91 Å². The van der Waals surface area contributed by atoms with Gasteiger partial charge in [-0.1, -0.05) is 13.8 Å². The quantitative estimate of drug-likeness (QED) is 0.815. The summed E-state index contributed by atoms with van der Waals surface area (Å²) in [4.78, 5) is 15.2. The van der Waals surface area contributed by atoms with Crippen molar-refractivity contribution < 1.29 is 4.79 Å². The van der Waals surface area contributed by atoms with Crippen LogP contribution in [-0.2, 0) is 13.1 Å². The van der Waals surface area contributed by atoms with E-state index in [9.17, 15) is 4.79 Å². The SMILES string of the molecule is CC(C)CCC1Cn2cc(C(N)=O)nc2CN1. The van der Waals surface area contributed by atoms with Crippen molar-refractivity contribution in [2.75, 3.05) is 0 Å². The van der Waals surface area contributed by atoms with Gasteiger partial charge in [0.1, 0.15) is 11.5 Å². The second-order valence-electron chi connectivity index (χ2n) is 5.11. The van der Waals surface area contributed by atoms with Gasteiger partial charge in [-0.15, -0.1) is 0 Å². The number of nitrogens with one attached hydrogen (secondary N) is 1. The lowest BCUT2D eigenvalue weighted by molar-refractivity contribution is 0.0996. The molecule has 0 saturated heterocycles. The summed E-state index contributed by atoms with van der Waals surface area (Å²) in [6.45, 7) is 6.06. The van der Waals surface area contributed by atoms with Gasteiger partial charge in [0.15, 0.2) is 0 Å². The normalized spacial score (nSPS) is 19.4. The number of hydrogen-bond acceptors (Lipinski definition) is 3. The zero-order valence-corrected chi connectivity index (χ0v) is 10.4. The van der Waals surface area contributed by atoms with Gasteiger partial charge in [-0.05, 0) is 18.8 Å². The van der Waals surface area contributed by atoms with E-state index in [0.717, 1.165) is 31.3 Å². The van der Waals surface area contributed by atoms with E-state index in [1.807, 2.05) is 4.57 Å². The molecule has 0 aliphatic carbocycles. The van der Waals surface area contributed by atoms with E-state index in [4.69, 9.17) is 5.73 Å². The molecule has 3 N–H and O–H groups in total. The number of primary amides is 1. The Balaban J connectivity index is 2.00. The zero-order valence-electron chi connectivity index (χ0n) is 10.4. The highest BCUT2D eigenvalue weighted by Crippen LogP contribution is 2.15. The maximum Gasteiger partial charge on any atom is 0.268 e. The molecule has 0 bridgehead atoms. The van der Waals surface area contributed by atoms with Crippen LogP contribution in [0.3, 0.4) is 0 Å². The van der Waals surface area contributed by atoms with Gasteiger partial charge in [0.2, 0.25) is 0 Å². The van der Waals surface area contributed by atoms with Gasteiger partial charge >= 0.3 is 0 Å². The van der Waals surface area contributed by atoms with Gasteiger partial charge < -0.3 is 15.6 Å². The third-order valence-electron chi connectivity index (χ3n) is 3.17. The average molecular weight is 236 g/mol. The molecule has 1 aliphatic heterocycles. The van der Waals surface area contributed by atoms with Crippen LogP contribution in [-0.4, -0.2) is 21.5 Å². The van der Waals surface area contributed by atoms with E-state index in [1.54, 1.807) is 6.20 Å². The molecule has 0 radical (unpaired) electrons. The molecule has 1 atom stereocenters. The van der Waals surface area contributed by atoms with Crippen LogP contribution in [0.1, 0.15) is 43.0 Å². The summed E-state index contributed by atoms with van der Waals surface area (Å²) in [5, 5.41) is 3.45. The Bertz CT molecular complexity index is 411. The second kappa shape index (κ2) is 4.87. The number of nitrogens with zero attached hydrogens (tertiary/aromatic N) is 2. The molecule has 17 heavy (non-hydrogen) atoms. The summed E-state index contributed by atoms with van der Waals surface area (Å²) >= 11 is 0. The van der Waals surface area contributed by atoms with Crippen molar-refractivity contribution in [3.8, 4) is 0 Å². The first-order valence-electron chi connectivity index (χ1n) is 6.15. The van der Waals surface area contributed by atoms with Crippen molar-refractivity contribution in [3.05, 3.63) is 17.7 Å². The van der Waals surface area contributed by atoms with E-state index in [0.29, 0.717) is 11.7 Å². The third-order valence-corrected chi connectivity index (χ3v) is 3.17. The minimum absolute atomic E-state index is 0.367. The number of carbonyl (C=O) groups excluding carboxylic acids is 1. The van der Waals surface area contributed by atoms with Crippen LogP contribution in [0.5, 0.6) is 0 Å². The molecule has 2 rings (SSSR count). The van der Waals surface area contributed by atoms with Gasteiger partial charge in [-0.25, -0.2) is 4.98 Å². The summed E-state index contributed by atoms with van der Waals surface area (Å²) in [6, 6.07) is 0.472. The Hall–Kier alpha value is -1.36. The molecule has 5 heteroatoms. The number of fused-ring (bicyclic) bond motifs is 1. The highest BCUT2D eigenvalue weighted by Gasteiger charge is 2.20.